The molecule has 2 aromatic carbocycles. The molecule has 0 aliphatic carbocycles. The molecule has 0 aliphatic rings. The molecule has 1 amide bonds. The van der Waals surface area contributed by atoms with Crippen molar-refractivity contribution in [1.82, 2.24) is 9.99 Å². The lowest BCUT2D eigenvalue weighted by atomic mass is 10.2. The Balaban J connectivity index is 1.74. The number of hydrazone groups is 1. The van der Waals surface area contributed by atoms with Crippen LogP contribution in [0.1, 0.15) is 16.1 Å². The molecule has 0 aliphatic heterocycles. The highest BCUT2D eigenvalue weighted by Crippen LogP contribution is 2.20. The molecule has 3 aromatic rings. The van der Waals surface area contributed by atoms with E-state index in [1.165, 1.54) is 6.07 Å². The summed E-state index contributed by atoms with van der Waals surface area (Å²) in [6, 6.07) is 15.8. The highest BCUT2D eigenvalue weighted by atomic mass is 35.5. The van der Waals surface area contributed by atoms with E-state index in [4.69, 9.17) is 34.8 Å². The molecule has 0 bridgehead atoms. The van der Waals surface area contributed by atoms with Gasteiger partial charge >= 0.3 is 0 Å². The fourth-order valence-corrected chi connectivity index (χ4v) is 2.85. The molecule has 1 aromatic heterocycles. The normalized spacial score (nSPS) is 11.0. The van der Waals surface area contributed by atoms with E-state index in [2.05, 4.69) is 10.5 Å². The summed E-state index contributed by atoms with van der Waals surface area (Å²) in [4.78, 5) is 12.1. The third kappa shape index (κ3) is 4.23. The molecule has 0 saturated heterocycles. The number of benzene rings is 2. The van der Waals surface area contributed by atoms with E-state index in [1.807, 2.05) is 47.2 Å². The van der Waals surface area contributed by atoms with Gasteiger partial charge in [-0.05, 0) is 54.6 Å². The lowest BCUT2D eigenvalue weighted by molar-refractivity contribution is 0.0955. The van der Waals surface area contributed by atoms with Crippen molar-refractivity contribution >= 4 is 46.9 Å². The van der Waals surface area contributed by atoms with Gasteiger partial charge in [-0.2, -0.15) is 5.10 Å². The lowest BCUT2D eigenvalue weighted by Crippen LogP contribution is -2.18. The van der Waals surface area contributed by atoms with E-state index in [0.717, 1.165) is 11.4 Å². The highest BCUT2D eigenvalue weighted by Gasteiger charge is 2.09. The van der Waals surface area contributed by atoms with Gasteiger partial charge in [-0.1, -0.05) is 34.8 Å². The Bertz CT molecular complexity index is 933. The van der Waals surface area contributed by atoms with Crippen molar-refractivity contribution in [2.45, 2.75) is 0 Å². The third-order valence-corrected chi connectivity index (χ3v) is 4.22. The van der Waals surface area contributed by atoms with Crippen LogP contribution in [0.3, 0.4) is 0 Å². The minimum atomic E-state index is -0.414. The number of carbonyl (C=O) groups is 1. The monoisotopic (exact) mass is 391 g/mol. The summed E-state index contributed by atoms with van der Waals surface area (Å²) in [6.07, 6.45) is 3.44. The molecule has 0 saturated carbocycles. The molecule has 1 N–H and O–H groups in total. The zero-order valence-corrected chi connectivity index (χ0v) is 15.1. The quantitative estimate of drug-likeness (QED) is 0.481. The number of carbonyl (C=O) groups excluding carboxylic acids is 1. The molecule has 0 fully saturated rings. The topological polar surface area (TPSA) is 46.4 Å². The Labute approximate surface area is 159 Å². The SMILES string of the molecule is O=C(N/N=C\c1cccn1-c1ccc(Cl)cc1)c1ccc(Cl)cc1Cl. The number of aromatic nitrogens is 1. The van der Waals surface area contributed by atoms with Crippen molar-refractivity contribution in [3.8, 4) is 5.69 Å². The van der Waals surface area contributed by atoms with Crippen LogP contribution in [0.15, 0.2) is 65.9 Å². The van der Waals surface area contributed by atoms with E-state index in [-0.39, 0.29) is 5.02 Å². The average Bonchev–Trinajstić information content (AvgIpc) is 3.04. The van der Waals surface area contributed by atoms with E-state index < -0.39 is 5.91 Å². The fourth-order valence-electron chi connectivity index (χ4n) is 2.23. The largest absolute Gasteiger partial charge is 0.316 e. The van der Waals surface area contributed by atoms with E-state index >= 15 is 0 Å². The average molecular weight is 393 g/mol. The number of amides is 1. The van der Waals surface area contributed by atoms with E-state index in [9.17, 15) is 4.79 Å². The summed E-state index contributed by atoms with van der Waals surface area (Å²) < 4.78 is 1.92. The van der Waals surface area contributed by atoms with Gasteiger partial charge in [-0.15, -0.1) is 0 Å². The zero-order chi connectivity index (χ0) is 17.8. The number of nitrogens with one attached hydrogen (secondary N) is 1. The van der Waals surface area contributed by atoms with Crippen LogP contribution in [0.2, 0.25) is 15.1 Å². The minimum Gasteiger partial charge on any atom is -0.316 e. The number of hydrogen-bond donors (Lipinski definition) is 1. The third-order valence-electron chi connectivity index (χ3n) is 3.42. The van der Waals surface area contributed by atoms with Crippen molar-refractivity contribution in [2.24, 2.45) is 5.10 Å². The number of hydrogen-bond acceptors (Lipinski definition) is 2. The predicted octanol–water partition coefficient (Wildman–Crippen LogP) is 5.20. The second kappa shape index (κ2) is 7.74. The molecular formula is C18H12Cl3N3O. The lowest BCUT2D eigenvalue weighted by Gasteiger charge is -2.06. The fraction of sp³-hybridized carbons (Fsp3) is 0. The summed E-state index contributed by atoms with van der Waals surface area (Å²) in [6.45, 7) is 0. The van der Waals surface area contributed by atoms with Crippen LogP contribution in [-0.4, -0.2) is 16.7 Å². The smallest absolute Gasteiger partial charge is 0.272 e. The van der Waals surface area contributed by atoms with Crippen molar-refractivity contribution in [2.75, 3.05) is 0 Å². The van der Waals surface area contributed by atoms with Crippen LogP contribution in [0.4, 0.5) is 0 Å². The molecule has 0 spiro atoms. The maximum absolute atomic E-state index is 12.1. The highest BCUT2D eigenvalue weighted by molar-refractivity contribution is 6.36. The molecule has 3 rings (SSSR count). The summed E-state index contributed by atoms with van der Waals surface area (Å²) in [7, 11) is 0. The van der Waals surface area contributed by atoms with Gasteiger partial charge < -0.3 is 4.57 Å². The maximum atomic E-state index is 12.1. The molecule has 7 heteroatoms. The van der Waals surface area contributed by atoms with Crippen LogP contribution in [-0.2, 0) is 0 Å². The van der Waals surface area contributed by atoms with Gasteiger partial charge in [-0.3, -0.25) is 4.79 Å². The summed E-state index contributed by atoms with van der Waals surface area (Å²) in [5.74, 6) is -0.414. The van der Waals surface area contributed by atoms with Gasteiger partial charge in [0.1, 0.15) is 0 Å². The molecular weight excluding hydrogens is 381 g/mol. The molecule has 4 nitrogen and oxygen atoms in total. The van der Waals surface area contributed by atoms with Gasteiger partial charge in [0.2, 0.25) is 0 Å². The standard InChI is InChI=1S/C18H12Cl3N3O/c19-12-3-6-14(7-4-12)24-9-1-2-15(24)11-22-23-18(25)16-8-5-13(20)10-17(16)21/h1-11H,(H,23,25)/b22-11-. The Kier molecular flexibility index (Phi) is 5.43. The van der Waals surface area contributed by atoms with E-state index in [0.29, 0.717) is 15.6 Å². The molecule has 0 atom stereocenters. The van der Waals surface area contributed by atoms with Gasteiger partial charge in [0.15, 0.2) is 0 Å². The Morgan fingerprint density at radius 3 is 2.44 bits per heavy atom. The zero-order valence-electron chi connectivity index (χ0n) is 12.8. The molecule has 25 heavy (non-hydrogen) atoms. The van der Waals surface area contributed by atoms with Crippen LogP contribution >= 0.6 is 34.8 Å². The van der Waals surface area contributed by atoms with Crippen molar-refractivity contribution in [3.63, 3.8) is 0 Å². The van der Waals surface area contributed by atoms with Gasteiger partial charge in [0.05, 0.1) is 22.5 Å². The predicted molar refractivity (Wildman–Crippen MR) is 102 cm³/mol. The molecule has 1 heterocycles. The second-order valence-corrected chi connectivity index (χ2v) is 6.38. The summed E-state index contributed by atoms with van der Waals surface area (Å²) in [5.41, 5.74) is 4.49. The Morgan fingerprint density at radius 2 is 1.72 bits per heavy atom. The number of nitrogens with zero attached hydrogens (tertiary/aromatic N) is 2. The number of halogens is 3. The van der Waals surface area contributed by atoms with Gasteiger partial charge in [-0.25, -0.2) is 5.43 Å². The van der Waals surface area contributed by atoms with Gasteiger partial charge in [0, 0.05) is 21.9 Å². The van der Waals surface area contributed by atoms with Crippen molar-refractivity contribution in [1.29, 1.82) is 0 Å². The van der Waals surface area contributed by atoms with Crippen molar-refractivity contribution in [3.05, 3.63) is 87.1 Å². The summed E-state index contributed by atoms with van der Waals surface area (Å²) in [5, 5.41) is 5.39. The maximum Gasteiger partial charge on any atom is 0.272 e. The molecule has 0 radical (unpaired) electrons. The first-order valence-electron chi connectivity index (χ1n) is 7.26. The summed E-state index contributed by atoms with van der Waals surface area (Å²) >= 11 is 17.7. The van der Waals surface area contributed by atoms with Crippen LogP contribution < -0.4 is 5.43 Å². The Hall–Kier alpha value is -2.27. The minimum absolute atomic E-state index is 0.268. The van der Waals surface area contributed by atoms with Gasteiger partial charge in [0.25, 0.3) is 5.91 Å². The second-order valence-electron chi connectivity index (χ2n) is 5.10. The first-order valence-corrected chi connectivity index (χ1v) is 8.40. The van der Waals surface area contributed by atoms with Crippen LogP contribution in [0.5, 0.6) is 0 Å². The first-order chi connectivity index (χ1) is 12.0. The first kappa shape index (κ1) is 17.5. The molecule has 126 valence electrons. The van der Waals surface area contributed by atoms with Crippen LogP contribution in [0, 0.1) is 0 Å². The molecule has 0 unspecified atom stereocenters. The Morgan fingerprint density at radius 1 is 1.00 bits per heavy atom. The number of rotatable bonds is 4. The van der Waals surface area contributed by atoms with E-state index in [1.54, 1.807) is 18.3 Å². The van der Waals surface area contributed by atoms with Crippen LogP contribution in [0.25, 0.3) is 5.69 Å². The van der Waals surface area contributed by atoms with Crippen molar-refractivity contribution < 1.29 is 4.79 Å².